The largest absolute Gasteiger partial charge is 0.508 e. The van der Waals surface area contributed by atoms with E-state index in [1.165, 1.54) is 19.0 Å². The number of rotatable bonds is 5. The van der Waals surface area contributed by atoms with Gasteiger partial charge in [-0.25, -0.2) is 0 Å². The number of aryl methyl sites for hydroxylation is 1. The molecule has 0 unspecified atom stereocenters. The van der Waals surface area contributed by atoms with Crippen LogP contribution in [0.4, 0.5) is 0 Å². The van der Waals surface area contributed by atoms with E-state index in [1.807, 2.05) is 0 Å². The number of amides is 1. The smallest absolute Gasteiger partial charge is 0.255 e. The third-order valence-electron chi connectivity index (χ3n) is 8.59. The first-order valence-electron chi connectivity index (χ1n) is 13.1. The summed E-state index contributed by atoms with van der Waals surface area (Å²) in [5.74, 6) is -8.74. The minimum absolute atomic E-state index is 0.0271. The van der Waals surface area contributed by atoms with Gasteiger partial charge in [-0.15, -0.1) is 0 Å². The van der Waals surface area contributed by atoms with Crippen molar-refractivity contribution in [2.75, 3.05) is 14.1 Å². The van der Waals surface area contributed by atoms with Gasteiger partial charge in [0.25, 0.3) is 5.91 Å². The summed E-state index contributed by atoms with van der Waals surface area (Å²) in [5.41, 5.74) is 2.31. The molecule has 0 radical (unpaired) electrons. The molecule has 39 heavy (non-hydrogen) atoms. The van der Waals surface area contributed by atoms with Gasteiger partial charge in [-0.05, 0) is 55.8 Å². The summed E-state index contributed by atoms with van der Waals surface area (Å²) in [5, 5.41) is 57.0. The summed E-state index contributed by atoms with van der Waals surface area (Å²) >= 11 is 0. The lowest BCUT2D eigenvalue weighted by Crippen LogP contribution is -2.70. The van der Waals surface area contributed by atoms with Crippen molar-refractivity contribution in [3.05, 3.63) is 45.7 Å². The average Bonchev–Trinajstić information content (AvgIpc) is 2.81. The van der Waals surface area contributed by atoms with Crippen LogP contribution in [0.15, 0.2) is 29.0 Å². The van der Waals surface area contributed by atoms with Gasteiger partial charge < -0.3 is 31.3 Å². The summed E-state index contributed by atoms with van der Waals surface area (Å²) in [4.78, 5) is 40.7. The van der Waals surface area contributed by atoms with Crippen molar-refractivity contribution in [1.29, 1.82) is 0 Å². The number of primary amides is 1. The molecule has 7 N–H and O–H groups in total. The predicted octanol–water partition coefficient (Wildman–Crippen LogP) is 1.86. The SMILES string of the molecule is C[C@@H]1c2ccc(CCCC(C)(C)C)c(O)c2C(O)=C2C(=O)[C@@]3(O)C(O)=C(C(N)=O)C(=O)[C@H](N(C)C)[C@H]3[C@H](O)[C@H]21. The molecule has 1 saturated carbocycles. The average molecular weight is 543 g/mol. The molecule has 0 aromatic heterocycles. The molecule has 1 fully saturated rings. The van der Waals surface area contributed by atoms with Crippen LogP contribution in [0.25, 0.3) is 5.76 Å². The number of nitrogens with zero attached hydrogens (tertiary/aromatic N) is 1. The van der Waals surface area contributed by atoms with Crippen molar-refractivity contribution in [2.24, 2.45) is 23.0 Å². The van der Waals surface area contributed by atoms with E-state index in [-0.39, 0.29) is 22.3 Å². The van der Waals surface area contributed by atoms with Gasteiger partial charge in [0.1, 0.15) is 22.8 Å². The number of phenols is 1. The molecule has 212 valence electrons. The monoisotopic (exact) mass is 542 g/mol. The van der Waals surface area contributed by atoms with E-state index >= 15 is 0 Å². The molecule has 0 spiro atoms. The first-order valence-corrected chi connectivity index (χ1v) is 13.1. The molecule has 1 amide bonds. The minimum Gasteiger partial charge on any atom is -0.508 e. The van der Waals surface area contributed by atoms with E-state index in [2.05, 4.69) is 20.8 Å². The van der Waals surface area contributed by atoms with Gasteiger partial charge in [-0.1, -0.05) is 39.8 Å². The Hall–Kier alpha value is -3.21. The molecule has 1 aromatic rings. The quantitative estimate of drug-likeness (QED) is 0.303. The molecule has 1 aromatic carbocycles. The van der Waals surface area contributed by atoms with Crippen molar-refractivity contribution < 1.29 is 39.9 Å². The third-order valence-corrected chi connectivity index (χ3v) is 8.59. The Morgan fingerprint density at radius 2 is 1.74 bits per heavy atom. The van der Waals surface area contributed by atoms with Crippen molar-refractivity contribution in [3.63, 3.8) is 0 Å². The van der Waals surface area contributed by atoms with Crippen LogP contribution in [0.3, 0.4) is 0 Å². The molecule has 3 aliphatic carbocycles. The molecule has 6 atom stereocenters. The van der Waals surface area contributed by atoms with Crippen LogP contribution < -0.4 is 5.73 Å². The highest BCUT2D eigenvalue weighted by Crippen LogP contribution is 2.56. The maximum Gasteiger partial charge on any atom is 0.255 e. The van der Waals surface area contributed by atoms with Crippen LogP contribution in [0.5, 0.6) is 5.75 Å². The Morgan fingerprint density at radius 3 is 2.28 bits per heavy atom. The van der Waals surface area contributed by atoms with Gasteiger partial charge in [0.15, 0.2) is 11.4 Å². The van der Waals surface area contributed by atoms with Gasteiger partial charge in [-0.3, -0.25) is 19.3 Å². The maximum absolute atomic E-state index is 14.0. The Labute approximate surface area is 227 Å². The number of hydrogen-bond acceptors (Lipinski definition) is 9. The first-order chi connectivity index (χ1) is 18.0. The second-order valence-electron chi connectivity index (χ2n) is 12.5. The molecule has 3 aliphatic rings. The van der Waals surface area contributed by atoms with E-state index in [4.69, 9.17) is 5.73 Å². The van der Waals surface area contributed by atoms with Gasteiger partial charge in [-0.2, -0.15) is 0 Å². The molecule has 4 rings (SSSR count). The van der Waals surface area contributed by atoms with Crippen LogP contribution in [-0.2, 0) is 20.8 Å². The number of likely N-dealkylation sites (N-methyl/N-ethyl adjacent to an activating group) is 1. The van der Waals surface area contributed by atoms with Crippen molar-refractivity contribution in [2.45, 2.75) is 70.6 Å². The van der Waals surface area contributed by atoms with E-state index in [9.17, 15) is 39.9 Å². The van der Waals surface area contributed by atoms with Gasteiger partial charge in [0.05, 0.1) is 23.6 Å². The lowest BCUT2D eigenvalue weighted by Gasteiger charge is -2.53. The molecule has 0 bridgehead atoms. The molecule has 10 heteroatoms. The Bertz CT molecular complexity index is 1320. The number of nitrogens with two attached hydrogens (primary N) is 1. The van der Waals surface area contributed by atoms with Crippen LogP contribution >= 0.6 is 0 Å². The normalized spacial score (nSPS) is 30.8. The number of hydrogen-bond donors (Lipinski definition) is 6. The molecule has 0 saturated heterocycles. The summed E-state index contributed by atoms with van der Waals surface area (Å²) < 4.78 is 0. The molecule has 10 nitrogen and oxygen atoms in total. The van der Waals surface area contributed by atoms with Crippen LogP contribution in [0, 0.1) is 17.3 Å². The number of fused-ring (bicyclic) bond motifs is 3. The fourth-order valence-corrected chi connectivity index (χ4v) is 6.67. The number of carbonyl (C=O) groups is 3. The highest BCUT2D eigenvalue weighted by molar-refractivity contribution is 6.24. The molecular weight excluding hydrogens is 504 g/mol. The van der Waals surface area contributed by atoms with Gasteiger partial charge >= 0.3 is 0 Å². The van der Waals surface area contributed by atoms with Gasteiger partial charge in [0.2, 0.25) is 5.78 Å². The second kappa shape index (κ2) is 9.46. The summed E-state index contributed by atoms with van der Waals surface area (Å²) in [6.07, 6.45) is 0.596. The third kappa shape index (κ3) is 4.16. The number of Topliss-reactive ketones (excluding diaryl/α,β-unsaturated/α-hetero) is 2. The Morgan fingerprint density at radius 1 is 1.13 bits per heavy atom. The number of phenolic OH excluding ortho intramolecular Hbond substituents is 1. The lowest BCUT2D eigenvalue weighted by atomic mass is 9.54. The van der Waals surface area contributed by atoms with E-state index in [1.54, 1.807) is 19.1 Å². The molecular formula is C29H38N2O8. The zero-order valence-corrected chi connectivity index (χ0v) is 23.1. The number of aromatic hydroxyl groups is 1. The highest BCUT2D eigenvalue weighted by atomic mass is 16.4. The highest BCUT2D eigenvalue weighted by Gasteiger charge is 2.68. The summed E-state index contributed by atoms with van der Waals surface area (Å²) in [6.45, 7) is 8.06. The van der Waals surface area contributed by atoms with Crippen LogP contribution in [0.1, 0.15) is 63.1 Å². The zero-order valence-electron chi connectivity index (χ0n) is 23.1. The van der Waals surface area contributed by atoms with E-state index in [0.717, 1.165) is 12.8 Å². The van der Waals surface area contributed by atoms with E-state index < -0.39 is 70.1 Å². The fraction of sp³-hybridized carbons (Fsp3) is 0.552. The Kier molecular flexibility index (Phi) is 6.99. The zero-order chi connectivity index (χ0) is 29.4. The van der Waals surface area contributed by atoms with Crippen molar-refractivity contribution in [3.8, 4) is 5.75 Å². The fourth-order valence-electron chi connectivity index (χ4n) is 6.67. The molecule has 0 aliphatic heterocycles. The second-order valence-corrected chi connectivity index (χ2v) is 12.5. The van der Waals surface area contributed by atoms with Crippen LogP contribution in [-0.4, -0.2) is 79.7 Å². The summed E-state index contributed by atoms with van der Waals surface area (Å²) in [7, 11) is 2.95. The van der Waals surface area contributed by atoms with Crippen molar-refractivity contribution in [1.82, 2.24) is 4.90 Å². The first kappa shape index (κ1) is 28.8. The standard InChI is InChI=1S/C29H38N2O8/c1-12-14-10-9-13(8-7-11-28(2,3)4)21(32)16(14)22(33)17-15(12)23(34)19-20(31(5)6)24(35)18(27(30)38)26(37)29(19,39)25(17)36/h9-10,12,15,19-20,23,32-34,37,39H,7-8,11H2,1-6H3,(H2,30,38)/t12-,15+,19+,20-,23-,29-/m1/s1. The summed E-state index contributed by atoms with van der Waals surface area (Å²) in [6, 6.07) is 2.14. The number of ketones is 2. The molecule has 0 heterocycles. The lowest BCUT2D eigenvalue weighted by molar-refractivity contribution is -0.169. The number of carbonyl (C=O) groups excluding carboxylic acids is 3. The predicted molar refractivity (Wildman–Crippen MR) is 143 cm³/mol. The maximum atomic E-state index is 14.0. The van der Waals surface area contributed by atoms with Gasteiger partial charge in [0, 0.05) is 11.5 Å². The van der Waals surface area contributed by atoms with E-state index in [0.29, 0.717) is 17.5 Å². The van der Waals surface area contributed by atoms with Crippen molar-refractivity contribution >= 4 is 23.2 Å². The number of aliphatic hydroxyl groups excluding tert-OH is 3. The Balaban J connectivity index is 1.92. The topological polar surface area (TPSA) is 182 Å². The van der Waals surface area contributed by atoms with Crippen LogP contribution in [0.2, 0.25) is 0 Å². The minimum atomic E-state index is -2.91. The number of aliphatic hydroxyl groups is 4. The number of benzene rings is 1.